The van der Waals surface area contributed by atoms with Crippen LogP contribution in [0.25, 0.3) is 0 Å². The first-order valence-electron chi connectivity index (χ1n) is 2.88. The van der Waals surface area contributed by atoms with Crippen LogP contribution in [0.15, 0.2) is 35.6 Å². The van der Waals surface area contributed by atoms with E-state index in [9.17, 15) is 0 Å². The van der Waals surface area contributed by atoms with Crippen LogP contribution in [-0.2, 0) is 0 Å². The molecule has 0 aliphatic heterocycles. The zero-order valence-electron chi connectivity index (χ0n) is 5.33. The van der Waals surface area contributed by atoms with Gasteiger partial charge in [0.05, 0.1) is 0 Å². The molecule has 0 bridgehead atoms. The summed E-state index contributed by atoms with van der Waals surface area (Å²) in [5, 5.41) is 8.97. The van der Waals surface area contributed by atoms with Gasteiger partial charge < -0.3 is 5.11 Å². The first kappa shape index (κ1) is 6.14. The molecule has 0 atom stereocenters. The van der Waals surface area contributed by atoms with E-state index in [1.165, 1.54) is 0 Å². The lowest BCUT2D eigenvalue weighted by Gasteiger charge is -1.87. The van der Waals surface area contributed by atoms with Crippen LogP contribution in [0.3, 0.4) is 0 Å². The molecule has 0 aromatic rings. The lowest BCUT2D eigenvalue weighted by molar-refractivity contribution is 0.432. The van der Waals surface area contributed by atoms with Crippen LogP contribution < -0.4 is 0 Å². The van der Waals surface area contributed by atoms with Crippen molar-refractivity contribution in [2.24, 2.45) is 0 Å². The highest BCUT2D eigenvalue weighted by Gasteiger charge is 1.90. The standard InChI is InChI=1S/C8H9O/c1-7-4-2-3-5-8(9)6-7/h2-6,9H,1H3. The summed E-state index contributed by atoms with van der Waals surface area (Å²) in [4.78, 5) is 0. The minimum Gasteiger partial charge on any atom is -0.508 e. The zero-order valence-corrected chi connectivity index (χ0v) is 5.33. The Morgan fingerprint density at radius 3 is 3.00 bits per heavy atom. The van der Waals surface area contributed by atoms with Crippen LogP contribution >= 0.6 is 0 Å². The second-order valence-electron chi connectivity index (χ2n) is 2.03. The Bertz CT molecular complexity index is 185. The second kappa shape index (κ2) is 2.53. The van der Waals surface area contributed by atoms with Crippen molar-refractivity contribution in [3.8, 4) is 0 Å². The van der Waals surface area contributed by atoms with Gasteiger partial charge in [0.2, 0.25) is 0 Å². The predicted molar refractivity (Wildman–Crippen MR) is 37.9 cm³/mol. The van der Waals surface area contributed by atoms with Gasteiger partial charge in [-0.1, -0.05) is 17.7 Å². The average Bonchev–Trinajstić information content (AvgIpc) is 1.93. The van der Waals surface area contributed by atoms with Crippen molar-refractivity contribution in [3.05, 3.63) is 42.1 Å². The molecule has 0 amide bonds. The molecule has 1 N–H and O–H groups in total. The summed E-state index contributed by atoms with van der Waals surface area (Å²) in [5.74, 6) is 0.317. The van der Waals surface area contributed by atoms with Crippen LogP contribution in [0, 0.1) is 6.42 Å². The molecule has 0 spiro atoms. The van der Waals surface area contributed by atoms with Crippen LogP contribution in [0.5, 0.6) is 0 Å². The van der Waals surface area contributed by atoms with E-state index in [2.05, 4.69) is 0 Å². The highest BCUT2D eigenvalue weighted by atomic mass is 16.3. The molecular formula is C8H9O. The van der Waals surface area contributed by atoms with Gasteiger partial charge in [-0.25, -0.2) is 0 Å². The lowest BCUT2D eigenvalue weighted by atomic mass is 10.2. The molecule has 1 aliphatic carbocycles. The minimum atomic E-state index is 0.317. The van der Waals surface area contributed by atoms with Crippen LogP contribution in [0.2, 0.25) is 0 Å². The first-order valence-corrected chi connectivity index (χ1v) is 2.88. The van der Waals surface area contributed by atoms with E-state index in [-0.39, 0.29) is 0 Å². The van der Waals surface area contributed by atoms with Gasteiger partial charge in [-0.2, -0.15) is 0 Å². The number of hydrogen-bond acceptors (Lipinski definition) is 1. The molecule has 0 aromatic carbocycles. The summed E-state index contributed by atoms with van der Waals surface area (Å²) in [6, 6.07) is 0. The number of rotatable bonds is 0. The molecular weight excluding hydrogens is 112 g/mol. The second-order valence-corrected chi connectivity index (χ2v) is 2.03. The monoisotopic (exact) mass is 121 g/mol. The fourth-order valence-electron chi connectivity index (χ4n) is 0.691. The predicted octanol–water partition coefficient (Wildman–Crippen LogP) is 2.15. The first-order chi connectivity index (χ1) is 4.29. The Morgan fingerprint density at radius 2 is 2.22 bits per heavy atom. The molecule has 1 aliphatic rings. The average molecular weight is 121 g/mol. The van der Waals surface area contributed by atoms with E-state index in [1.807, 2.05) is 25.5 Å². The number of hydrogen-bond donors (Lipinski definition) is 1. The molecule has 1 heteroatoms. The smallest absolute Gasteiger partial charge is 0.115 e. The molecule has 1 nitrogen and oxygen atoms in total. The van der Waals surface area contributed by atoms with Crippen LogP contribution in [0.1, 0.15) is 6.92 Å². The summed E-state index contributed by atoms with van der Waals surface area (Å²) in [5.41, 5.74) is 1.07. The number of aliphatic hydroxyl groups is 1. The Labute approximate surface area is 55.0 Å². The van der Waals surface area contributed by atoms with E-state index in [4.69, 9.17) is 5.11 Å². The third-order valence-corrected chi connectivity index (χ3v) is 1.11. The Balaban J connectivity index is 2.82. The Morgan fingerprint density at radius 1 is 1.44 bits per heavy atom. The van der Waals surface area contributed by atoms with Gasteiger partial charge in [-0.15, -0.1) is 0 Å². The summed E-state index contributed by atoms with van der Waals surface area (Å²) in [6.07, 6.45) is 9.03. The maximum absolute atomic E-state index is 8.97. The largest absolute Gasteiger partial charge is 0.508 e. The third-order valence-electron chi connectivity index (χ3n) is 1.11. The van der Waals surface area contributed by atoms with Gasteiger partial charge in [0.1, 0.15) is 5.76 Å². The molecule has 1 radical (unpaired) electrons. The molecule has 1 rings (SSSR count). The normalized spacial score (nSPS) is 18.3. The van der Waals surface area contributed by atoms with Crippen molar-refractivity contribution in [2.75, 3.05) is 0 Å². The highest BCUT2D eigenvalue weighted by molar-refractivity contribution is 5.32. The summed E-state index contributed by atoms with van der Waals surface area (Å²) < 4.78 is 0. The number of allylic oxidation sites excluding steroid dienone is 5. The van der Waals surface area contributed by atoms with Crippen LogP contribution in [-0.4, -0.2) is 5.11 Å². The third kappa shape index (κ3) is 1.76. The van der Waals surface area contributed by atoms with E-state index >= 15 is 0 Å². The fraction of sp³-hybridized carbons (Fsp3) is 0.125. The minimum absolute atomic E-state index is 0.317. The summed E-state index contributed by atoms with van der Waals surface area (Å²) in [6.45, 7) is 1.94. The van der Waals surface area contributed by atoms with Gasteiger partial charge in [-0.05, 0) is 19.1 Å². The molecule has 0 aromatic heterocycles. The molecule has 0 unspecified atom stereocenters. The van der Waals surface area contributed by atoms with Gasteiger partial charge in [0, 0.05) is 6.42 Å². The number of aliphatic hydroxyl groups excluding tert-OH is 1. The Hall–Kier alpha value is -0.980. The van der Waals surface area contributed by atoms with E-state index in [0.717, 1.165) is 5.57 Å². The summed E-state index contributed by atoms with van der Waals surface area (Å²) in [7, 11) is 0. The maximum atomic E-state index is 8.97. The topological polar surface area (TPSA) is 20.2 Å². The quantitative estimate of drug-likeness (QED) is 0.520. The summed E-state index contributed by atoms with van der Waals surface area (Å²) >= 11 is 0. The van der Waals surface area contributed by atoms with Crippen molar-refractivity contribution >= 4 is 0 Å². The Kier molecular flexibility index (Phi) is 1.73. The molecule has 0 saturated heterocycles. The fourth-order valence-corrected chi connectivity index (χ4v) is 0.691. The van der Waals surface area contributed by atoms with Crippen molar-refractivity contribution in [1.29, 1.82) is 0 Å². The van der Waals surface area contributed by atoms with Crippen molar-refractivity contribution < 1.29 is 5.11 Å². The van der Waals surface area contributed by atoms with E-state index in [1.54, 1.807) is 12.2 Å². The van der Waals surface area contributed by atoms with Gasteiger partial charge >= 0.3 is 0 Å². The van der Waals surface area contributed by atoms with Gasteiger partial charge in [-0.3, -0.25) is 0 Å². The SMILES string of the molecule is CC1=C[CH]C=CC(O)=C1. The van der Waals surface area contributed by atoms with Gasteiger partial charge in [0.25, 0.3) is 0 Å². The van der Waals surface area contributed by atoms with Crippen molar-refractivity contribution in [3.63, 3.8) is 0 Å². The molecule has 47 valence electrons. The lowest BCUT2D eigenvalue weighted by Crippen LogP contribution is -1.71. The molecule has 0 heterocycles. The van der Waals surface area contributed by atoms with E-state index < -0.39 is 0 Å². The van der Waals surface area contributed by atoms with Crippen molar-refractivity contribution in [2.45, 2.75) is 6.92 Å². The van der Waals surface area contributed by atoms with Crippen molar-refractivity contribution in [1.82, 2.24) is 0 Å². The van der Waals surface area contributed by atoms with Gasteiger partial charge in [0.15, 0.2) is 0 Å². The maximum Gasteiger partial charge on any atom is 0.115 e. The highest BCUT2D eigenvalue weighted by Crippen LogP contribution is 2.06. The zero-order chi connectivity index (χ0) is 6.69. The molecule has 0 fully saturated rings. The molecule has 9 heavy (non-hydrogen) atoms. The van der Waals surface area contributed by atoms with E-state index in [0.29, 0.717) is 5.76 Å². The molecule has 0 saturated carbocycles. The van der Waals surface area contributed by atoms with Crippen LogP contribution in [0.4, 0.5) is 0 Å².